The van der Waals surface area contributed by atoms with E-state index in [0.717, 1.165) is 111 Å². The van der Waals surface area contributed by atoms with Crippen LogP contribution < -0.4 is 26.2 Å². The maximum absolute atomic E-state index is 14.4. The van der Waals surface area contributed by atoms with Crippen molar-refractivity contribution in [2.75, 3.05) is 9.80 Å². The summed E-state index contributed by atoms with van der Waals surface area (Å²) in [4.78, 5) is 48.8. The maximum Gasteiger partial charge on any atom is 0.338 e. The van der Waals surface area contributed by atoms with E-state index in [1.807, 2.05) is 200 Å². The van der Waals surface area contributed by atoms with Crippen LogP contribution in [0.2, 0.25) is 0 Å². The minimum atomic E-state index is -0.440. The number of esters is 2. The van der Waals surface area contributed by atoms with Gasteiger partial charge in [0.2, 0.25) is 0 Å². The lowest BCUT2D eigenvalue weighted by Crippen LogP contribution is -2.61. The fraction of sp³-hybridized carbons (Fsp3) is 0.0714. The second-order valence-corrected chi connectivity index (χ2v) is 25.3. The van der Waals surface area contributed by atoms with Crippen molar-refractivity contribution in [1.82, 2.24) is 19.5 Å². The van der Waals surface area contributed by atoms with Gasteiger partial charge in [-0.25, -0.2) is 24.5 Å². The first-order chi connectivity index (χ1) is 47.0. The van der Waals surface area contributed by atoms with Gasteiger partial charge in [0.05, 0.1) is 39.5 Å². The highest BCUT2D eigenvalue weighted by atomic mass is 16.5. The number of para-hydroxylation sites is 2. The predicted octanol–water partition coefficient (Wildman–Crippen LogP) is 17.6. The molecule has 12 heteroatoms. The number of hydrogen-bond acceptors (Lipinski definition) is 10. The van der Waals surface area contributed by atoms with E-state index < -0.39 is 11.9 Å². The highest BCUT2D eigenvalue weighted by Crippen LogP contribution is 2.48. The number of carbonyl (C=O) groups is 2. The number of benzene rings is 12. The number of ether oxygens (including phenoxy) is 2. The largest absolute Gasteiger partial charge is 0.457 e. The number of fused-ring (bicyclic) bond motifs is 7. The summed E-state index contributed by atoms with van der Waals surface area (Å²) in [6.45, 7) is 6.58. The summed E-state index contributed by atoms with van der Waals surface area (Å²) in [7, 11) is 0. The van der Waals surface area contributed by atoms with Crippen LogP contribution >= 0.6 is 0 Å². The molecule has 16 rings (SSSR count). The molecule has 4 heterocycles. The van der Waals surface area contributed by atoms with Crippen molar-refractivity contribution < 1.29 is 19.1 Å². The van der Waals surface area contributed by atoms with E-state index in [2.05, 4.69) is 126 Å². The quantitative estimate of drug-likeness (QED) is 0.0813. The average molecular weight is 1240 g/mol. The normalized spacial score (nSPS) is 12.2. The van der Waals surface area contributed by atoms with Crippen molar-refractivity contribution in [1.29, 1.82) is 5.26 Å². The number of nitriles is 1. The topological polar surface area (TPSA) is 126 Å². The number of carbonyl (C=O) groups excluding carboxylic acids is 2. The van der Waals surface area contributed by atoms with Crippen LogP contribution in [0.1, 0.15) is 63.7 Å². The molecule has 11 nitrogen and oxygen atoms in total. The Morgan fingerprint density at radius 2 is 0.885 bits per heavy atom. The van der Waals surface area contributed by atoms with Crippen LogP contribution in [0.15, 0.2) is 285 Å². The van der Waals surface area contributed by atoms with E-state index in [9.17, 15) is 14.9 Å². The second-order valence-electron chi connectivity index (χ2n) is 25.3. The molecule has 0 fully saturated rings. The first kappa shape index (κ1) is 58.6. The molecule has 458 valence electrons. The summed E-state index contributed by atoms with van der Waals surface area (Å²) in [5.74, 6) is 0.570. The van der Waals surface area contributed by atoms with Gasteiger partial charge in [-0.05, 0) is 153 Å². The highest BCUT2D eigenvalue weighted by molar-refractivity contribution is 7.00. The van der Waals surface area contributed by atoms with E-state index in [-0.39, 0.29) is 25.3 Å². The van der Waals surface area contributed by atoms with E-state index in [1.54, 1.807) is 0 Å². The van der Waals surface area contributed by atoms with Gasteiger partial charge in [0.1, 0.15) is 13.2 Å². The van der Waals surface area contributed by atoms with Crippen LogP contribution in [0.5, 0.6) is 0 Å². The number of aromatic nitrogens is 4. The van der Waals surface area contributed by atoms with E-state index in [4.69, 9.17) is 24.4 Å². The molecule has 0 radical (unpaired) electrons. The number of nitrogens with zero attached hydrogens (tertiary/aromatic N) is 7. The Kier molecular flexibility index (Phi) is 14.8. The molecule has 0 N–H and O–H groups in total. The molecular formula is C84H60BN7O4. The van der Waals surface area contributed by atoms with Crippen molar-refractivity contribution in [3.63, 3.8) is 0 Å². The maximum atomic E-state index is 14.4. The molecule has 2 aliphatic rings. The van der Waals surface area contributed by atoms with Crippen molar-refractivity contribution in [3.8, 4) is 57.0 Å². The van der Waals surface area contributed by atoms with Gasteiger partial charge in [-0.15, -0.1) is 0 Å². The van der Waals surface area contributed by atoms with Crippen molar-refractivity contribution in [3.05, 3.63) is 318 Å². The highest BCUT2D eigenvalue weighted by Gasteiger charge is 2.44. The summed E-state index contributed by atoms with van der Waals surface area (Å²) in [5, 5.41) is 12.6. The lowest BCUT2D eigenvalue weighted by molar-refractivity contribution is 0.0464. The molecule has 12 aromatic carbocycles. The van der Waals surface area contributed by atoms with Crippen LogP contribution in [0, 0.1) is 11.3 Å². The zero-order valence-corrected chi connectivity index (χ0v) is 52.9. The fourth-order valence-electron chi connectivity index (χ4n) is 13.6. The Balaban J connectivity index is 0.926. The Morgan fingerprint density at radius 1 is 0.427 bits per heavy atom. The zero-order valence-electron chi connectivity index (χ0n) is 52.9. The van der Waals surface area contributed by atoms with Crippen LogP contribution in [-0.4, -0.2) is 38.2 Å². The lowest BCUT2D eigenvalue weighted by Gasteiger charge is -2.44. The van der Waals surface area contributed by atoms with Crippen LogP contribution in [0.25, 0.3) is 72.8 Å². The summed E-state index contributed by atoms with van der Waals surface area (Å²) >= 11 is 0. The molecule has 2 aliphatic heterocycles. The monoisotopic (exact) mass is 1240 g/mol. The minimum Gasteiger partial charge on any atom is -0.457 e. The third-order valence-corrected chi connectivity index (χ3v) is 18.3. The van der Waals surface area contributed by atoms with Gasteiger partial charge in [-0.1, -0.05) is 203 Å². The fourth-order valence-corrected chi connectivity index (χ4v) is 13.6. The molecular weight excluding hydrogens is 1180 g/mol. The number of anilines is 6. The smallest absolute Gasteiger partial charge is 0.338 e. The molecule has 0 saturated heterocycles. The summed E-state index contributed by atoms with van der Waals surface area (Å²) in [5.41, 5.74) is 19.2. The van der Waals surface area contributed by atoms with E-state index in [1.165, 1.54) is 5.56 Å². The van der Waals surface area contributed by atoms with Gasteiger partial charge in [-0.3, -0.25) is 0 Å². The van der Waals surface area contributed by atoms with Gasteiger partial charge in [0.25, 0.3) is 6.71 Å². The Bertz CT molecular complexity index is 5180. The van der Waals surface area contributed by atoms with Crippen molar-refractivity contribution in [2.45, 2.75) is 39.4 Å². The SMILES string of the molecule is CC(C)(C)c1ccc2c(c1)c1cc(-c3cc4c5c(c3)N(c3ccccc3)c3cc(C(=O)OCc6ccccc6)ccc3B5c3ccc(C(=O)OCc5ccccc5)cc3N4c3ccccc3)ccc1n2-c1ccc(C#N)cc1-c1nc(-c2ccccc2)nc(-c2ccccc2)n1. The van der Waals surface area contributed by atoms with Crippen LogP contribution in [0.4, 0.5) is 34.1 Å². The summed E-state index contributed by atoms with van der Waals surface area (Å²) in [6, 6.07) is 97.9. The molecule has 0 unspecified atom stereocenters. The third-order valence-electron chi connectivity index (χ3n) is 18.3. The molecule has 0 saturated carbocycles. The minimum absolute atomic E-state index is 0.121. The molecule has 0 bridgehead atoms. The molecule has 0 amide bonds. The van der Waals surface area contributed by atoms with Gasteiger partial charge in [-0.2, -0.15) is 5.26 Å². The van der Waals surface area contributed by atoms with Gasteiger partial charge in [0.15, 0.2) is 17.5 Å². The van der Waals surface area contributed by atoms with Crippen molar-refractivity contribution >= 4 is 91.0 Å². The molecule has 2 aromatic heterocycles. The lowest BCUT2D eigenvalue weighted by atomic mass is 9.33. The van der Waals surface area contributed by atoms with Gasteiger partial charge >= 0.3 is 11.9 Å². The Labute approximate surface area is 556 Å². The van der Waals surface area contributed by atoms with E-state index in [0.29, 0.717) is 39.7 Å². The first-order valence-corrected chi connectivity index (χ1v) is 32.1. The number of rotatable bonds is 13. The van der Waals surface area contributed by atoms with Gasteiger partial charge in [0, 0.05) is 61.6 Å². The second kappa shape index (κ2) is 24.2. The molecule has 0 aliphatic carbocycles. The summed E-state index contributed by atoms with van der Waals surface area (Å²) < 4.78 is 14.4. The molecule has 96 heavy (non-hydrogen) atoms. The predicted molar refractivity (Wildman–Crippen MR) is 384 cm³/mol. The summed E-state index contributed by atoms with van der Waals surface area (Å²) in [6.07, 6.45) is 0. The standard InChI is InChI=1S/C84H60BN7O4/c1-84(2,3)63-38-43-72-67(50-63)66-45-59(37-42-71(66)92(72)73-41-34-56(51-86)44-68(73)81-88-79(57-26-14-6-15-27-57)87-80(89-81)58-28-16-7-17-29-58)62-48-76-78-77(49-62)91(65-32-20-9-21-33-65)75-47-61(83(94)96-53-55-24-12-5-13-25-55)36-40-70(75)85(78)69-39-35-60(82(93)95-52-54-22-10-4-11-23-54)46-74(69)90(76)64-30-18-8-19-31-64/h4-50H,52-53H2,1-3H3. The first-order valence-electron chi connectivity index (χ1n) is 32.1. The zero-order chi connectivity index (χ0) is 65.0. The van der Waals surface area contributed by atoms with Crippen molar-refractivity contribution in [2.24, 2.45) is 0 Å². The Hall–Kier alpha value is -12.5. The molecule has 0 spiro atoms. The Morgan fingerprint density at radius 3 is 1.38 bits per heavy atom. The van der Waals surface area contributed by atoms with Crippen LogP contribution in [0.3, 0.4) is 0 Å². The third kappa shape index (κ3) is 10.7. The average Bonchev–Trinajstić information content (AvgIpc) is 0.772. The van der Waals surface area contributed by atoms with E-state index >= 15 is 0 Å². The van der Waals surface area contributed by atoms with Gasteiger partial charge < -0.3 is 23.8 Å². The van der Waals surface area contributed by atoms with Crippen LogP contribution in [-0.2, 0) is 28.1 Å². The number of hydrogen-bond donors (Lipinski definition) is 0. The molecule has 0 atom stereocenters. The molecule has 14 aromatic rings.